The number of aromatic nitrogens is 1. The summed E-state index contributed by atoms with van der Waals surface area (Å²) < 4.78 is 4.76. The molecule has 1 fully saturated rings. The van der Waals surface area contributed by atoms with Crippen molar-refractivity contribution in [2.24, 2.45) is 5.92 Å². The first-order valence-corrected chi connectivity index (χ1v) is 6.67. The summed E-state index contributed by atoms with van der Waals surface area (Å²) >= 11 is 0. The Kier molecular flexibility index (Phi) is 4.74. The molecule has 2 rings (SSSR count). The molecule has 1 atom stereocenters. The van der Waals surface area contributed by atoms with E-state index >= 15 is 0 Å². The third kappa shape index (κ3) is 3.67. The standard InChI is InChI=1S/C14H21N3O2/c1-12(14(18)19-2)11-16-7-9-17(10-8-16)13-5-3-4-6-15-13/h3-6,12H,7-11H2,1-2H3. The lowest BCUT2D eigenvalue weighted by Crippen LogP contribution is -2.48. The minimum atomic E-state index is -0.132. The van der Waals surface area contributed by atoms with E-state index in [1.807, 2.05) is 31.3 Å². The van der Waals surface area contributed by atoms with Crippen molar-refractivity contribution in [3.8, 4) is 0 Å². The molecule has 0 bridgehead atoms. The van der Waals surface area contributed by atoms with Gasteiger partial charge < -0.3 is 9.64 Å². The van der Waals surface area contributed by atoms with Crippen molar-refractivity contribution in [1.29, 1.82) is 0 Å². The Morgan fingerprint density at radius 3 is 2.68 bits per heavy atom. The maximum atomic E-state index is 11.4. The molecule has 1 saturated heterocycles. The smallest absolute Gasteiger partial charge is 0.309 e. The van der Waals surface area contributed by atoms with Gasteiger partial charge in [0.05, 0.1) is 13.0 Å². The van der Waals surface area contributed by atoms with Crippen LogP contribution < -0.4 is 4.90 Å². The molecule has 0 aliphatic carbocycles. The molecule has 1 aliphatic rings. The molecular weight excluding hydrogens is 242 g/mol. The zero-order chi connectivity index (χ0) is 13.7. The van der Waals surface area contributed by atoms with Gasteiger partial charge in [0.15, 0.2) is 0 Å². The Morgan fingerprint density at radius 2 is 2.11 bits per heavy atom. The lowest BCUT2D eigenvalue weighted by atomic mass is 10.1. The quantitative estimate of drug-likeness (QED) is 0.759. The monoisotopic (exact) mass is 263 g/mol. The lowest BCUT2D eigenvalue weighted by molar-refractivity contribution is -0.145. The van der Waals surface area contributed by atoms with Gasteiger partial charge in [-0.1, -0.05) is 13.0 Å². The fourth-order valence-corrected chi connectivity index (χ4v) is 2.36. The van der Waals surface area contributed by atoms with Crippen LogP contribution in [0.2, 0.25) is 0 Å². The molecule has 1 aromatic heterocycles. The number of methoxy groups -OCH3 is 1. The maximum Gasteiger partial charge on any atom is 0.309 e. The van der Waals surface area contributed by atoms with Crippen molar-refractivity contribution < 1.29 is 9.53 Å². The van der Waals surface area contributed by atoms with Gasteiger partial charge in [-0.25, -0.2) is 4.98 Å². The van der Waals surface area contributed by atoms with Crippen molar-refractivity contribution in [3.05, 3.63) is 24.4 Å². The first-order chi connectivity index (χ1) is 9.20. The van der Waals surface area contributed by atoms with E-state index in [0.29, 0.717) is 0 Å². The number of hydrogen-bond acceptors (Lipinski definition) is 5. The predicted octanol–water partition coefficient (Wildman–Crippen LogP) is 1.01. The van der Waals surface area contributed by atoms with E-state index in [1.165, 1.54) is 7.11 Å². The maximum absolute atomic E-state index is 11.4. The molecular formula is C14H21N3O2. The highest BCUT2D eigenvalue weighted by Gasteiger charge is 2.22. The normalized spacial score (nSPS) is 18.1. The van der Waals surface area contributed by atoms with Crippen molar-refractivity contribution in [1.82, 2.24) is 9.88 Å². The molecule has 0 N–H and O–H groups in total. The SMILES string of the molecule is COC(=O)C(C)CN1CCN(c2ccccn2)CC1. The number of nitrogens with zero attached hydrogens (tertiary/aromatic N) is 3. The molecule has 2 heterocycles. The lowest BCUT2D eigenvalue weighted by Gasteiger charge is -2.36. The Hall–Kier alpha value is -1.62. The highest BCUT2D eigenvalue weighted by molar-refractivity contribution is 5.72. The number of hydrogen-bond donors (Lipinski definition) is 0. The minimum Gasteiger partial charge on any atom is -0.469 e. The number of carbonyl (C=O) groups excluding carboxylic acids is 1. The third-order valence-electron chi connectivity index (χ3n) is 3.48. The second-order valence-electron chi connectivity index (χ2n) is 4.90. The minimum absolute atomic E-state index is 0.0635. The Morgan fingerprint density at radius 1 is 1.37 bits per heavy atom. The summed E-state index contributed by atoms with van der Waals surface area (Å²) in [6.45, 7) is 6.49. The average molecular weight is 263 g/mol. The van der Waals surface area contributed by atoms with Gasteiger partial charge in [0.1, 0.15) is 5.82 Å². The number of ether oxygens (including phenoxy) is 1. The van der Waals surface area contributed by atoms with E-state index in [4.69, 9.17) is 4.74 Å². The van der Waals surface area contributed by atoms with Crippen LogP contribution in [0.1, 0.15) is 6.92 Å². The summed E-state index contributed by atoms with van der Waals surface area (Å²) in [6.07, 6.45) is 1.82. The highest BCUT2D eigenvalue weighted by atomic mass is 16.5. The van der Waals surface area contributed by atoms with Gasteiger partial charge in [-0.2, -0.15) is 0 Å². The second-order valence-corrected chi connectivity index (χ2v) is 4.90. The average Bonchev–Trinajstić information content (AvgIpc) is 2.48. The van der Waals surface area contributed by atoms with Crippen LogP contribution in [0.5, 0.6) is 0 Å². The highest BCUT2D eigenvalue weighted by Crippen LogP contribution is 2.13. The topological polar surface area (TPSA) is 45.7 Å². The molecule has 0 aromatic carbocycles. The number of anilines is 1. The molecule has 0 radical (unpaired) electrons. The van der Waals surface area contributed by atoms with Gasteiger partial charge in [0.2, 0.25) is 0 Å². The van der Waals surface area contributed by atoms with Crippen molar-refractivity contribution >= 4 is 11.8 Å². The van der Waals surface area contributed by atoms with Gasteiger partial charge in [0.25, 0.3) is 0 Å². The molecule has 1 aromatic rings. The van der Waals surface area contributed by atoms with Gasteiger partial charge >= 0.3 is 5.97 Å². The van der Waals surface area contributed by atoms with Crippen LogP contribution in [0.25, 0.3) is 0 Å². The summed E-state index contributed by atoms with van der Waals surface area (Å²) in [7, 11) is 1.44. The summed E-state index contributed by atoms with van der Waals surface area (Å²) in [6, 6.07) is 5.97. The fraction of sp³-hybridized carbons (Fsp3) is 0.571. The summed E-state index contributed by atoms with van der Waals surface area (Å²) in [4.78, 5) is 20.3. The Labute approximate surface area is 114 Å². The zero-order valence-electron chi connectivity index (χ0n) is 11.6. The molecule has 19 heavy (non-hydrogen) atoms. The van der Waals surface area contributed by atoms with E-state index < -0.39 is 0 Å². The van der Waals surface area contributed by atoms with Crippen LogP contribution >= 0.6 is 0 Å². The van der Waals surface area contributed by atoms with Crippen LogP contribution in [-0.2, 0) is 9.53 Å². The van der Waals surface area contributed by atoms with E-state index in [0.717, 1.165) is 38.5 Å². The molecule has 0 spiro atoms. The van der Waals surface area contributed by atoms with Crippen molar-refractivity contribution in [3.63, 3.8) is 0 Å². The largest absolute Gasteiger partial charge is 0.469 e. The van der Waals surface area contributed by atoms with Crippen molar-refractivity contribution in [2.75, 3.05) is 44.7 Å². The van der Waals surface area contributed by atoms with Crippen LogP contribution in [0.4, 0.5) is 5.82 Å². The van der Waals surface area contributed by atoms with Crippen molar-refractivity contribution in [2.45, 2.75) is 6.92 Å². The second kappa shape index (κ2) is 6.52. The summed E-state index contributed by atoms with van der Waals surface area (Å²) in [5.41, 5.74) is 0. The molecule has 1 unspecified atom stereocenters. The molecule has 5 nitrogen and oxygen atoms in total. The fourth-order valence-electron chi connectivity index (χ4n) is 2.36. The van der Waals surface area contributed by atoms with E-state index in [9.17, 15) is 4.79 Å². The van der Waals surface area contributed by atoms with Gasteiger partial charge in [-0.05, 0) is 12.1 Å². The van der Waals surface area contributed by atoms with Crippen LogP contribution in [-0.4, -0.2) is 55.7 Å². The number of esters is 1. The molecule has 0 amide bonds. The molecule has 0 saturated carbocycles. The molecule has 5 heteroatoms. The summed E-state index contributed by atoms with van der Waals surface area (Å²) in [5, 5.41) is 0. The first-order valence-electron chi connectivity index (χ1n) is 6.67. The number of piperazine rings is 1. The third-order valence-corrected chi connectivity index (χ3v) is 3.48. The van der Waals surface area contributed by atoms with E-state index in [-0.39, 0.29) is 11.9 Å². The van der Waals surface area contributed by atoms with Crippen LogP contribution in [0.3, 0.4) is 0 Å². The summed E-state index contributed by atoms with van der Waals surface area (Å²) in [5.74, 6) is 0.835. The Balaban J connectivity index is 1.81. The first kappa shape index (κ1) is 13.8. The predicted molar refractivity (Wildman–Crippen MR) is 74.1 cm³/mol. The van der Waals surface area contributed by atoms with Gasteiger partial charge in [-0.15, -0.1) is 0 Å². The number of rotatable bonds is 4. The van der Waals surface area contributed by atoms with Crippen LogP contribution in [0.15, 0.2) is 24.4 Å². The van der Waals surface area contributed by atoms with E-state index in [2.05, 4.69) is 14.8 Å². The van der Waals surface area contributed by atoms with Gasteiger partial charge in [0, 0.05) is 38.9 Å². The molecule has 104 valence electrons. The number of carbonyl (C=O) groups is 1. The molecule has 1 aliphatic heterocycles. The van der Waals surface area contributed by atoms with Crippen LogP contribution in [0, 0.1) is 5.92 Å². The number of pyridine rings is 1. The van der Waals surface area contributed by atoms with Gasteiger partial charge in [-0.3, -0.25) is 9.69 Å². The Bertz CT molecular complexity index is 402. The zero-order valence-corrected chi connectivity index (χ0v) is 11.6. The van der Waals surface area contributed by atoms with E-state index in [1.54, 1.807) is 0 Å².